The summed E-state index contributed by atoms with van der Waals surface area (Å²) in [4.78, 5) is 2.46. The van der Waals surface area contributed by atoms with Crippen LogP contribution in [0.5, 0.6) is 0 Å². The van der Waals surface area contributed by atoms with E-state index in [0.717, 1.165) is 32.7 Å². The van der Waals surface area contributed by atoms with E-state index in [9.17, 15) is 0 Å². The molecule has 0 saturated heterocycles. The summed E-state index contributed by atoms with van der Waals surface area (Å²) < 4.78 is 5.69. The van der Waals surface area contributed by atoms with Gasteiger partial charge in [-0.3, -0.25) is 4.90 Å². The highest BCUT2D eigenvalue weighted by Gasteiger charge is 2.11. The highest BCUT2D eigenvalue weighted by Crippen LogP contribution is 2.12. The molecule has 124 valence electrons. The molecule has 0 radical (unpaired) electrons. The van der Waals surface area contributed by atoms with Crippen molar-refractivity contribution >= 4 is 0 Å². The Morgan fingerprint density at radius 1 is 0.913 bits per heavy atom. The first-order valence-corrected chi connectivity index (χ1v) is 8.43. The van der Waals surface area contributed by atoms with Crippen LogP contribution in [-0.2, 0) is 17.8 Å². The zero-order chi connectivity index (χ0) is 16.3. The maximum atomic E-state index is 5.81. The first-order valence-electron chi connectivity index (χ1n) is 8.43. The van der Waals surface area contributed by atoms with Gasteiger partial charge in [0.1, 0.15) is 0 Å². The number of benzene rings is 2. The second-order valence-electron chi connectivity index (χ2n) is 5.78. The van der Waals surface area contributed by atoms with Gasteiger partial charge in [0.15, 0.2) is 0 Å². The average molecular weight is 312 g/mol. The molecule has 0 aromatic heterocycles. The fraction of sp³-hybridized carbons (Fsp3) is 0.400. The Bertz CT molecular complexity index is 488. The van der Waals surface area contributed by atoms with Gasteiger partial charge in [-0.05, 0) is 24.5 Å². The number of hydrogen-bond acceptors (Lipinski definition) is 3. The molecule has 2 aromatic rings. The minimum atomic E-state index is 0.147. The van der Waals surface area contributed by atoms with Gasteiger partial charge >= 0.3 is 0 Å². The fourth-order valence-corrected chi connectivity index (χ4v) is 2.73. The summed E-state index contributed by atoms with van der Waals surface area (Å²) in [6.07, 6.45) is 1.11. The standard InChI is InChI=1S/C20H28N2O/c1-2-23-20(15-21)13-14-22(16-18-9-5-3-6-10-18)17-19-11-7-4-8-12-19/h3-12,20H,2,13-17,21H2,1H3. The van der Waals surface area contributed by atoms with Crippen LogP contribution in [-0.4, -0.2) is 30.7 Å². The fourth-order valence-electron chi connectivity index (χ4n) is 2.73. The van der Waals surface area contributed by atoms with Crippen LogP contribution in [0.25, 0.3) is 0 Å². The van der Waals surface area contributed by atoms with Crippen molar-refractivity contribution < 1.29 is 4.74 Å². The zero-order valence-electron chi connectivity index (χ0n) is 14.0. The van der Waals surface area contributed by atoms with Gasteiger partial charge in [0.2, 0.25) is 0 Å². The molecule has 2 rings (SSSR count). The van der Waals surface area contributed by atoms with Crippen molar-refractivity contribution in [3.05, 3.63) is 71.8 Å². The maximum absolute atomic E-state index is 5.81. The van der Waals surface area contributed by atoms with E-state index in [1.807, 2.05) is 6.92 Å². The second-order valence-corrected chi connectivity index (χ2v) is 5.78. The Kier molecular flexibility index (Phi) is 7.81. The summed E-state index contributed by atoms with van der Waals surface area (Å²) in [7, 11) is 0. The van der Waals surface area contributed by atoms with E-state index in [2.05, 4.69) is 65.6 Å². The van der Waals surface area contributed by atoms with Gasteiger partial charge in [-0.25, -0.2) is 0 Å². The molecule has 0 spiro atoms. The molecular weight excluding hydrogens is 284 g/mol. The Morgan fingerprint density at radius 3 is 1.87 bits per heavy atom. The third-order valence-corrected chi connectivity index (χ3v) is 3.93. The van der Waals surface area contributed by atoms with Gasteiger partial charge < -0.3 is 10.5 Å². The van der Waals surface area contributed by atoms with Gasteiger partial charge in [-0.15, -0.1) is 0 Å². The molecule has 0 amide bonds. The predicted molar refractivity (Wildman–Crippen MR) is 96.1 cm³/mol. The quantitative estimate of drug-likeness (QED) is 0.730. The molecule has 1 unspecified atom stereocenters. The summed E-state index contributed by atoms with van der Waals surface area (Å²) in [5, 5.41) is 0. The zero-order valence-corrected chi connectivity index (χ0v) is 14.0. The van der Waals surface area contributed by atoms with Crippen LogP contribution < -0.4 is 5.73 Å². The molecule has 3 nitrogen and oxygen atoms in total. The van der Waals surface area contributed by atoms with E-state index in [0.29, 0.717) is 6.54 Å². The third kappa shape index (κ3) is 6.53. The van der Waals surface area contributed by atoms with E-state index in [1.165, 1.54) is 11.1 Å². The molecule has 2 N–H and O–H groups in total. The minimum absolute atomic E-state index is 0.147. The first kappa shape index (κ1) is 17.7. The molecule has 3 heteroatoms. The SMILES string of the molecule is CCOC(CN)CCN(Cc1ccccc1)Cc1ccccc1. The van der Waals surface area contributed by atoms with Crippen molar-refractivity contribution in [3.8, 4) is 0 Å². The Balaban J connectivity index is 1.98. The van der Waals surface area contributed by atoms with Crippen molar-refractivity contribution in [2.24, 2.45) is 5.73 Å². The van der Waals surface area contributed by atoms with E-state index in [-0.39, 0.29) is 6.10 Å². The van der Waals surface area contributed by atoms with Crippen molar-refractivity contribution in [2.75, 3.05) is 19.7 Å². The van der Waals surface area contributed by atoms with Crippen LogP contribution in [0.1, 0.15) is 24.5 Å². The van der Waals surface area contributed by atoms with Crippen LogP contribution >= 0.6 is 0 Å². The molecule has 0 heterocycles. The largest absolute Gasteiger partial charge is 0.377 e. The molecule has 2 aromatic carbocycles. The second kappa shape index (κ2) is 10.2. The van der Waals surface area contributed by atoms with E-state index in [4.69, 9.17) is 10.5 Å². The van der Waals surface area contributed by atoms with Crippen molar-refractivity contribution in [1.82, 2.24) is 4.90 Å². The lowest BCUT2D eigenvalue weighted by Gasteiger charge is -2.25. The molecule has 0 aliphatic rings. The van der Waals surface area contributed by atoms with Crippen LogP contribution in [0.3, 0.4) is 0 Å². The van der Waals surface area contributed by atoms with E-state index in [1.54, 1.807) is 0 Å². The molecular formula is C20H28N2O. The van der Waals surface area contributed by atoms with Crippen LogP contribution in [0.4, 0.5) is 0 Å². The van der Waals surface area contributed by atoms with Crippen LogP contribution in [0, 0.1) is 0 Å². The Hall–Kier alpha value is -1.68. The molecule has 0 bridgehead atoms. The molecule has 0 aliphatic heterocycles. The smallest absolute Gasteiger partial charge is 0.0709 e. The highest BCUT2D eigenvalue weighted by atomic mass is 16.5. The topological polar surface area (TPSA) is 38.5 Å². The van der Waals surface area contributed by atoms with Gasteiger partial charge in [0.25, 0.3) is 0 Å². The lowest BCUT2D eigenvalue weighted by Crippen LogP contribution is -2.31. The summed E-state index contributed by atoms with van der Waals surface area (Å²) in [5.74, 6) is 0. The van der Waals surface area contributed by atoms with Gasteiger partial charge in [0, 0.05) is 32.8 Å². The summed E-state index contributed by atoms with van der Waals surface area (Å²) in [6.45, 7) is 6.19. The number of nitrogens with two attached hydrogens (primary N) is 1. The van der Waals surface area contributed by atoms with E-state index < -0.39 is 0 Å². The molecule has 23 heavy (non-hydrogen) atoms. The molecule has 0 saturated carbocycles. The predicted octanol–water partition coefficient (Wildman–Crippen LogP) is 3.44. The monoisotopic (exact) mass is 312 g/mol. The van der Waals surface area contributed by atoms with Gasteiger partial charge in [-0.2, -0.15) is 0 Å². The lowest BCUT2D eigenvalue weighted by atomic mass is 10.1. The molecule has 1 atom stereocenters. The van der Waals surface area contributed by atoms with Crippen molar-refractivity contribution in [2.45, 2.75) is 32.5 Å². The minimum Gasteiger partial charge on any atom is -0.377 e. The highest BCUT2D eigenvalue weighted by molar-refractivity contribution is 5.17. The van der Waals surface area contributed by atoms with Crippen molar-refractivity contribution in [1.29, 1.82) is 0 Å². The number of ether oxygens (including phenoxy) is 1. The molecule has 0 aliphatic carbocycles. The van der Waals surface area contributed by atoms with Crippen LogP contribution in [0.15, 0.2) is 60.7 Å². The first-order chi connectivity index (χ1) is 11.3. The lowest BCUT2D eigenvalue weighted by molar-refractivity contribution is 0.0528. The van der Waals surface area contributed by atoms with E-state index >= 15 is 0 Å². The Labute approximate surface area is 140 Å². The number of nitrogens with zero attached hydrogens (tertiary/aromatic N) is 1. The van der Waals surface area contributed by atoms with Crippen LogP contribution in [0.2, 0.25) is 0 Å². The normalized spacial score (nSPS) is 12.5. The average Bonchev–Trinajstić information content (AvgIpc) is 2.60. The molecule has 0 fully saturated rings. The summed E-state index contributed by atoms with van der Waals surface area (Å²) >= 11 is 0. The number of hydrogen-bond donors (Lipinski definition) is 1. The third-order valence-electron chi connectivity index (χ3n) is 3.93. The van der Waals surface area contributed by atoms with Crippen molar-refractivity contribution in [3.63, 3.8) is 0 Å². The summed E-state index contributed by atoms with van der Waals surface area (Å²) in [6, 6.07) is 21.2. The Morgan fingerprint density at radius 2 is 1.43 bits per heavy atom. The summed E-state index contributed by atoms with van der Waals surface area (Å²) in [5.41, 5.74) is 8.48. The number of rotatable bonds is 10. The van der Waals surface area contributed by atoms with Gasteiger partial charge in [-0.1, -0.05) is 60.7 Å². The maximum Gasteiger partial charge on any atom is 0.0709 e. The van der Waals surface area contributed by atoms with Gasteiger partial charge in [0.05, 0.1) is 6.10 Å².